The molecular formula is C16H21NO. The Hall–Kier alpha value is -1.02. The molecule has 2 aliphatic carbocycles. The van der Waals surface area contributed by atoms with Gasteiger partial charge in [0.1, 0.15) is 5.75 Å². The molecule has 2 bridgehead atoms. The van der Waals surface area contributed by atoms with Crippen molar-refractivity contribution in [2.45, 2.75) is 50.0 Å². The first-order chi connectivity index (χ1) is 8.79. The summed E-state index contributed by atoms with van der Waals surface area (Å²) < 4.78 is 0. The Morgan fingerprint density at radius 2 is 2.17 bits per heavy atom. The Bertz CT molecular complexity index is 480. The molecule has 0 unspecified atom stereocenters. The Kier molecular flexibility index (Phi) is 2.25. The average Bonchev–Trinajstić information content (AvgIpc) is 2.40. The van der Waals surface area contributed by atoms with Gasteiger partial charge in [0.2, 0.25) is 0 Å². The highest BCUT2D eigenvalue weighted by Crippen LogP contribution is 2.54. The Labute approximate surface area is 108 Å². The maximum atomic E-state index is 9.86. The molecule has 3 atom stereocenters. The van der Waals surface area contributed by atoms with Crippen LogP contribution in [0.2, 0.25) is 0 Å². The van der Waals surface area contributed by atoms with Crippen molar-refractivity contribution in [2.24, 2.45) is 5.92 Å². The van der Waals surface area contributed by atoms with Gasteiger partial charge >= 0.3 is 0 Å². The number of fused-ring (bicyclic) bond motifs is 1. The lowest BCUT2D eigenvalue weighted by atomic mass is 9.53. The lowest BCUT2D eigenvalue weighted by Crippen LogP contribution is -2.59. The summed E-state index contributed by atoms with van der Waals surface area (Å²) in [4.78, 5) is 0. The molecule has 96 valence electrons. The minimum absolute atomic E-state index is 0.375. The van der Waals surface area contributed by atoms with Crippen LogP contribution in [0.25, 0.3) is 0 Å². The Balaban J connectivity index is 1.91. The van der Waals surface area contributed by atoms with Crippen LogP contribution in [0.5, 0.6) is 5.75 Å². The lowest BCUT2D eigenvalue weighted by Gasteiger charge is -2.56. The molecule has 2 nitrogen and oxygen atoms in total. The van der Waals surface area contributed by atoms with Gasteiger partial charge in [-0.15, -0.1) is 0 Å². The van der Waals surface area contributed by atoms with Crippen molar-refractivity contribution < 1.29 is 5.11 Å². The van der Waals surface area contributed by atoms with Gasteiger partial charge in [-0.1, -0.05) is 18.9 Å². The molecule has 2 fully saturated rings. The van der Waals surface area contributed by atoms with E-state index >= 15 is 0 Å². The van der Waals surface area contributed by atoms with E-state index in [4.69, 9.17) is 0 Å². The molecule has 1 saturated heterocycles. The highest BCUT2D eigenvalue weighted by molar-refractivity contribution is 5.45. The maximum absolute atomic E-state index is 9.86. The van der Waals surface area contributed by atoms with Gasteiger partial charge in [0.15, 0.2) is 0 Å². The normalized spacial score (nSPS) is 37.8. The van der Waals surface area contributed by atoms with Crippen molar-refractivity contribution in [1.29, 1.82) is 0 Å². The molecule has 1 aromatic carbocycles. The first-order valence-electron chi connectivity index (χ1n) is 7.35. The average molecular weight is 243 g/mol. The molecule has 2 N–H and O–H groups in total. The number of phenolic OH excluding ortho intramolecular Hbond substituents is 1. The highest BCUT2D eigenvalue weighted by Gasteiger charge is 2.51. The van der Waals surface area contributed by atoms with E-state index in [0.29, 0.717) is 17.2 Å². The molecule has 1 saturated carbocycles. The van der Waals surface area contributed by atoms with E-state index < -0.39 is 0 Å². The van der Waals surface area contributed by atoms with E-state index in [0.717, 1.165) is 18.9 Å². The van der Waals surface area contributed by atoms with E-state index in [-0.39, 0.29) is 0 Å². The summed E-state index contributed by atoms with van der Waals surface area (Å²) in [5.74, 6) is 1.25. The molecule has 1 aromatic rings. The molecule has 0 aromatic heterocycles. The van der Waals surface area contributed by atoms with Gasteiger partial charge in [0.05, 0.1) is 0 Å². The Morgan fingerprint density at radius 3 is 3.11 bits per heavy atom. The lowest BCUT2D eigenvalue weighted by molar-refractivity contribution is 0.0795. The predicted molar refractivity (Wildman–Crippen MR) is 71.9 cm³/mol. The summed E-state index contributed by atoms with van der Waals surface area (Å²) >= 11 is 0. The summed E-state index contributed by atoms with van der Waals surface area (Å²) in [7, 11) is 0. The van der Waals surface area contributed by atoms with Crippen molar-refractivity contribution >= 4 is 0 Å². The van der Waals surface area contributed by atoms with Crippen LogP contribution in [0.3, 0.4) is 0 Å². The first kappa shape index (κ1) is 10.9. The molecule has 0 spiro atoms. The minimum Gasteiger partial charge on any atom is -0.508 e. The third kappa shape index (κ3) is 1.33. The van der Waals surface area contributed by atoms with Crippen LogP contribution in [0.15, 0.2) is 18.2 Å². The van der Waals surface area contributed by atoms with E-state index in [2.05, 4.69) is 17.4 Å². The quantitative estimate of drug-likeness (QED) is 0.734. The van der Waals surface area contributed by atoms with Crippen LogP contribution >= 0.6 is 0 Å². The van der Waals surface area contributed by atoms with Crippen LogP contribution in [0, 0.1) is 5.92 Å². The third-order valence-electron chi connectivity index (χ3n) is 5.63. The molecular weight excluding hydrogens is 222 g/mol. The van der Waals surface area contributed by atoms with Crippen LogP contribution < -0.4 is 5.32 Å². The van der Waals surface area contributed by atoms with E-state index in [1.165, 1.54) is 43.2 Å². The zero-order valence-electron chi connectivity index (χ0n) is 10.8. The summed E-state index contributed by atoms with van der Waals surface area (Å²) in [5, 5.41) is 13.6. The molecule has 2 heteroatoms. The predicted octanol–water partition coefficient (Wildman–Crippen LogP) is 2.74. The molecule has 3 aliphatic rings. The van der Waals surface area contributed by atoms with Gasteiger partial charge in [-0.05, 0) is 61.4 Å². The van der Waals surface area contributed by atoms with E-state index in [9.17, 15) is 5.11 Å². The van der Waals surface area contributed by atoms with Crippen LogP contribution in [0.1, 0.15) is 43.2 Å². The summed E-state index contributed by atoms with van der Waals surface area (Å²) in [6.45, 7) is 1.15. The molecule has 0 amide bonds. The van der Waals surface area contributed by atoms with Gasteiger partial charge in [0, 0.05) is 11.5 Å². The topological polar surface area (TPSA) is 32.3 Å². The summed E-state index contributed by atoms with van der Waals surface area (Å²) in [6, 6.07) is 6.75. The highest BCUT2D eigenvalue weighted by atomic mass is 16.3. The fourth-order valence-corrected chi connectivity index (χ4v) is 4.91. The van der Waals surface area contributed by atoms with Gasteiger partial charge in [-0.2, -0.15) is 0 Å². The molecule has 1 heterocycles. The van der Waals surface area contributed by atoms with Crippen molar-refractivity contribution in [3.63, 3.8) is 0 Å². The fraction of sp³-hybridized carbons (Fsp3) is 0.625. The fourth-order valence-electron chi connectivity index (χ4n) is 4.91. The number of rotatable bonds is 0. The minimum atomic E-state index is 0.375. The first-order valence-corrected chi connectivity index (χ1v) is 7.35. The number of aromatic hydroxyl groups is 1. The van der Waals surface area contributed by atoms with Gasteiger partial charge in [-0.25, -0.2) is 0 Å². The number of piperidine rings is 1. The summed E-state index contributed by atoms with van der Waals surface area (Å²) in [6.07, 6.45) is 7.85. The smallest absolute Gasteiger partial charge is 0.115 e. The molecule has 4 rings (SSSR count). The second kappa shape index (κ2) is 3.74. The van der Waals surface area contributed by atoms with E-state index in [1.54, 1.807) is 0 Å². The van der Waals surface area contributed by atoms with Crippen LogP contribution in [-0.4, -0.2) is 17.7 Å². The van der Waals surface area contributed by atoms with Gasteiger partial charge in [0.25, 0.3) is 0 Å². The van der Waals surface area contributed by atoms with Crippen molar-refractivity contribution in [2.75, 3.05) is 6.54 Å². The van der Waals surface area contributed by atoms with Crippen LogP contribution in [0.4, 0.5) is 0 Å². The monoisotopic (exact) mass is 243 g/mol. The molecule has 0 radical (unpaired) electrons. The number of hydrogen-bond donors (Lipinski definition) is 2. The SMILES string of the molecule is Oc1ccc2c(c1)[C@]13CCCC[C@H]1[C@H](C2)NCC3. The number of hydrogen-bond acceptors (Lipinski definition) is 2. The second-order valence-corrected chi connectivity index (χ2v) is 6.36. The van der Waals surface area contributed by atoms with Crippen molar-refractivity contribution in [1.82, 2.24) is 5.32 Å². The zero-order chi connectivity index (χ0) is 12.2. The Morgan fingerprint density at radius 1 is 1.22 bits per heavy atom. The standard InChI is InChI=1S/C16H21NO/c18-12-5-4-11-9-15-13-3-1-2-6-16(13,7-8-17-15)14(11)10-12/h4-5,10,13,15,17-18H,1-3,6-9H2/t13-,15-,16-/m0/s1. The molecule has 1 aliphatic heterocycles. The number of benzene rings is 1. The zero-order valence-corrected chi connectivity index (χ0v) is 10.8. The van der Waals surface area contributed by atoms with Crippen LogP contribution in [-0.2, 0) is 11.8 Å². The van der Waals surface area contributed by atoms with Gasteiger partial charge in [-0.3, -0.25) is 0 Å². The maximum Gasteiger partial charge on any atom is 0.115 e. The number of nitrogens with one attached hydrogen (secondary N) is 1. The number of phenols is 1. The molecule has 18 heavy (non-hydrogen) atoms. The largest absolute Gasteiger partial charge is 0.508 e. The van der Waals surface area contributed by atoms with Crippen molar-refractivity contribution in [3.05, 3.63) is 29.3 Å². The summed E-state index contributed by atoms with van der Waals surface area (Å²) in [5.41, 5.74) is 3.33. The third-order valence-corrected chi connectivity index (χ3v) is 5.63. The van der Waals surface area contributed by atoms with Crippen molar-refractivity contribution in [3.8, 4) is 5.75 Å². The van der Waals surface area contributed by atoms with Gasteiger partial charge < -0.3 is 10.4 Å². The second-order valence-electron chi connectivity index (χ2n) is 6.36. The van der Waals surface area contributed by atoms with E-state index in [1.807, 2.05) is 6.07 Å².